The second-order valence-electron chi connectivity index (χ2n) is 6.55. The minimum Gasteiger partial charge on any atom is -0.356 e. The van der Waals surface area contributed by atoms with Crippen LogP contribution in [0, 0.1) is 11.8 Å². The van der Waals surface area contributed by atoms with Crippen molar-refractivity contribution in [3.05, 3.63) is 0 Å². The minimum atomic E-state index is -2.90. The lowest BCUT2D eigenvalue weighted by Gasteiger charge is -2.28. The predicted octanol–water partition coefficient (Wildman–Crippen LogP) is 2.42. The zero-order valence-electron chi connectivity index (χ0n) is 14.3. The third kappa shape index (κ3) is 9.86. The Morgan fingerprint density at radius 1 is 1.36 bits per heavy atom. The minimum absolute atomic E-state index is 0. The molecular weight excluding hydrogens is 413 g/mol. The number of rotatable bonds is 6. The van der Waals surface area contributed by atoms with Gasteiger partial charge in [0.2, 0.25) is 0 Å². The summed E-state index contributed by atoms with van der Waals surface area (Å²) in [5.74, 6) is 2.53. The number of guanidine groups is 1. The van der Waals surface area contributed by atoms with Crippen LogP contribution >= 0.6 is 24.0 Å². The summed E-state index contributed by atoms with van der Waals surface area (Å²) in [6.45, 7) is 5.26. The Labute approximate surface area is 153 Å². The van der Waals surface area contributed by atoms with Crippen molar-refractivity contribution in [3.63, 3.8) is 0 Å². The largest absolute Gasteiger partial charge is 0.356 e. The third-order valence-corrected chi connectivity index (χ3v) is 5.11. The molecule has 1 saturated carbocycles. The van der Waals surface area contributed by atoms with Crippen LogP contribution in [-0.2, 0) is 9.84 Å². The van der Waals surface area contributed by atoms with Crippen LogP contribution in [0.4, 0.5) is 0 Å². The van der Waals surface area contributed by atoms with Gasteiger partial charge in [0, 0.05) is 25.9 Å². The number of halogens is 1. The van der Waals surface area contributed by atoms with E-state index in [9.17, 15) is 8.42 Å². The molecule has 0 spiro atoms. The molecule has 22 heavy (non-hydrogen) atoms. The van der Waals surface area contributed by atoms with Crippen LogP contribution in [-0.4, -0.2) is 46.0 Å². The highest BCUT2D eigenvalue weighted by molar-refractivity contribution is 14.0. The molecule has 0 aromatic carbocycles. The summed E-state index contributed by atoms with van der Waals surface area (Å²) in [5, 5.41) is 6.64. The van der Waals surface area contributed by atoms with E-state index in [1.165, 1.54) is 31.9 Å². The second-order valence-corrected chi connectivity index (χ2v) is 8.81. The fraction of sp³-hybridized carbons (Fsp3) is 0.933. The lowest BCUT2D eigenvalue weighted by molar-refractivity contribution is 0.282. The van der Waals surface area contributed by atoms with Gasteiger partial charge in [0.05, 0.1) is 5.75 Å². The van der Waals surface area contributed by atoms with Gasteiger partial charge in [-0.2, -0.15) is 0 Å². The topological polar surface area (TPSA) is 70.6 Å². The van der Waals surface area contributed by atoms with Crippen LogP contribution in [0.25, 0.3) is 0 Å². The van der Waals surface area contributed by atoms with Gasteiger partial charge >= 0.3 is 0 Å². The molecule has 0 bridgehead atoms. The van der Waals surface area contributed by atoms with Crippen LogP contribution in [0.3, 0.4) is 0 Å². The summed E-state index contributed by atoms with van der Waals surface area (Å²) < 4.78 is 22.4. The Morgan fingerprint density at radius 2 is 2.05 bits per heavy atom. The van der Waals surface area contributed by atoms with Crippen molar-refractivity contribution in [1.82, 2.24) is 10.6 Å². The lowest BCUT2D eigenvalue weighted by Crippen LogP contribution is -2.44. The summed E-state index contributed by atoms with van der Waals surface area (Å²) in [6, 6.07) is 0.0937. The third-order valence-electron chi connectivity index (χ3n) is 4.13. The molecule has 1 rings (SSSR count). The molecule has 0 radical (unpaired) electrons. The predicted molar refractivity (Wildman–Crippen MR) is 105 cm³/mol. The van der Waals surface area contributed by atoms with Crippen LogP contribution in [0.2, 0.25) is 0 Å². The molecule has 1 fully saturated rings. The molecule has 7 heteroatoms. The highest BCUT2D eigenvalue weighted by Gasteiger charge is 2.19. The van der Waals surface area contributed by atoms with Crippen LogP contribution in [0.15, 0.2) is 4.99 Å². The molecule has 0 aliphatic heterocycles. The van der Waals surface area contributed by atoms with Gasteiger partial charge in [-0.15, -0.1) is 24.0 Å². The molecule has 2 N–H and O–H groups in total. The first-order valence-electron chi connectivity index (χ1n) is 7.95. The fourth-order valence-electron chi connectivity index (χ4n) is 2.88. The molecule has 0 saturated heterocycles. The Balaban J connectivity index is 0.00000441. The van der Waals surface area contributed by atoms with Crippen molar-refractivity contribution in [2.45, 2.75) is 52.0 Å². The van der Waals surface area contributed by atoms with Crippen molar-refractivity contribution in [2.75, 3.05) is 25.6 Å². The molecule has 5 nitrogen and oxygen atoms in total. The van der Waals surface area contributed by atoms with Gasteiger partial charge in [0.1, 0.15) is 9.84 Å². The second kappa shape index (κ2) is 10.7. The molecule has 1 aliphatic rings. The van der Waals surface area contributed by atoms with E-state index in [1.807, 2.05) is 6.92 Å². The number of nitrogens with zero attached hydrogens (tertiary/aromatic N) is 1. The van der Waals surface area contributed by atoms with E-state index in [0.29, 0.717) is 6.42 Å². The number of hydrogen-bond acceptors (Lipinski definition) is 3. The summed E-state index contributed by atoms with van der Waals surface area (Å²) in [4.78, 5) is 4.22. The smallest absolute Gasteiger partial charge is 0.191 e. The number of aliphatic imine (C=N–C) groups is 1. The van der Waals surface area contributed by atoms with Gasteiger partial charge in [-0.1, -0.05) is 19.8 Å². The highest BCUT2D eigenvalue weighted by atomic mass is 127. The van der Waals surface area contributed by atoms with Crippen LogP contribution in [0.1, 0.15) is 46.0 Å². The monoisotopic (exact) mass is 445 g/mol. The van der Waals surface area contributed by atoms with Crippen molar-refractivity contribution in [3.8, 4) is 0 Å². The summed E-state index contributed by atoms with van der Waals surface area (Å²) in [6.07, 6.45) is 7.12. The molecule has 3 unspecified atom stereocenters. The average molecular weight is 445 g/mol. The molecule has 132 valence electrons. The van der Waals surface area contributed by atoms with E-state index in [-0.39, 0.29) is 35.8 Å². The maximum Gasteiger partial charge on any atom is 0.191 e. The van der Waals surface area contributed by atoms with E-state index < -0.39 is 9.84 Å². The first-order chi connectivity index (χ1) is 9.80. The van der Waals surface area contributed by atoms with E-state index in [0.717, 1.165) is 24.3 Å². The Kier molecular flexibility index (Phi) is 10.6. The highest BCUT2D eigenvalue weighted by Crippen LogP contribution is 2.27. The quantitative estimate of drug-likeness (QED) is 0.374. The Bertz CT molecular complexity index is 440. The van der Waals surface area contributed by atoms with Crippen molar-refractivity contribution in [2.24, 2.45) is 16.8 Å². The van der Waals surface area contributed by atoms with Gasteiger partial charge in [-0.25, -0.2) is 8.42 Å². The van der Waals surface area contributed by atoms with E-state index in [1.54, 1.807) is 7.05 Å². The average Bonchev–Trinajstić information content (AvgIpc) is 2.40. The standard InChI is InChI=1S/C15H31N3O2S.HI/c1-12-6-5-7-14(10-12)11-17-15(16-3)18-13(2)8-9-21(4,19)20;/h12-14H,5-11H2,1-4H3,(H2,16,17,18);1H. The molecule has 0 aromatic rings. The summed E-state index contributed by atoms with van der Waals surface area (Å²) in [7, 11) is -1.15. The SMILES string of the molecule is CN=C(NCC1CCCC(C)C1)NC(C)CCS(C)(=O)=O.I. The van der Waals surface area contributed by atoms with Crippen molar-refractivity contribution in [1.29, 1.82) is 0 Å². The van der Waals surface area contributed by atoms with E-state index in [4.69, 9.17) is 0 Å². The maximum absolute atomic E-state index is 11.2. The first kappa shape index (κ1) is 21.9. The normalized spacial score (nSPS) is 24.3. The van der Waals surface area contributed by atoms with Gasteiger partial charge in [0.15, 0.2) is 5.96 Å². The molecule has 0 heterocycles. The number of nitrogens with one attached hydrogen (secondary N) is 2. The summed E-state index contributed by atoms with van der Waals surface area (Å²) >= 11 is 0. The summed E-state index contributed by atoms with van der Waals surface area (Å²) in [5.41, 5.74) is 0. The Morgan fingerprint density at radius 3 is 2.59 bits per heavy atom. The van der Waals surface area contributed by atoms with Crippen LogP contribution < -0.4 is 10.6 Å². The van der Waals surface area contributed by atoms with Gasteiger partial charge in [-0.3, -0.25) is 4.99 Å². The first-order valence-corrected chi connectivity index (χ1v) is 10.0. The molecular formula is C15H32IN3O2S. The molecule has 3 atom stereocenters. The van der Waals surface area contributed by atoms with Gasteiger partial charge in [-0.05, 0) is 38.0 Å². The molecule has 1 aliphatic carbocycles. The maximum atomic E-state index is 11.2. The number of hydrogen-bond donors (Lipinski definition) is 2. The van der Waals surface area contributed by atoms with Crippen LogP contribution in [0.5, 0.6) is 0 Å². The number of sulfone groups is 1. The van der Waals surface area contributed by atoms with Gasteiger partial charge < -0.3 is 10.6 Å². The van der Waals surface area contributed by atoms with Gasteiger partial charge in [0.25, 0.3) is 0 Å². The Hall–Kier alpha value is -0.0500. The van der Waals surface area contributed by atoms with Crippen molar-refractivity contribution < 1.29 is 8.42 Å². The lowest BCUT2D eigenvalue weighted by atomic mass is 9.82. The zero-order chi connectivity index (χ0) is 15.9. The molecule has 0 aromatic heterocycles. The van der Waals surface area contributed by atoms with E-state index >= 15 is 0 Å². The van der Waals surface area contributed by atoms with Crippen molar-refractivity contribution >= 4 is 39.8 Å². The van der Waals surface area contributed by atoms with E-state index in [2.05, 4.69) is 22.5 Å². The zero-order valence-corrected chi connectivity index (χ0v) is 17.4. The fourth-order valence-corrected chi connectivity index (χ4v) is 3.66. The molecule has 0 amide bonds.